The Kier molecular flexibility index (Phi) is 5.10. The molecule has 0 aliphatic heterocycles. The zero-order chi connectivity index (χ0) is 19.3. The highest BCUT2D eigenvalue weighted by molar-refractivity contribution is 5.91. The molecular weight excluding hydrogens is 354 g/mol. The van der Waals surface area contributed by atoms with E-state index in [9.17, 15) is 4.79 Å². The van der Waals surface area contributed by atoms with E-state index < -0.39 is 0 Å². The molecule has 6 heteroatoms. The number of hydrogen-bond acceptors (Lipinski definition) is 4. The summed E-state index contributed by atoms with van der Waals surface area (Å²) in [5, 5.41) is 2.88. The lowest BCUT2D eigenvalue weighted by Gasteiger charge is -2.10. The number of rotatable bonds is 7. The molecule has 0 aliphatic rings. The summed E-state index contributed by atoms with van der Waals surface area (Å²) >= 11 is 0. The summed E-state index contributed by atoms with van der Waals surface area (Å²) in [5.41, 5.74) is 3.18. The van der Waals surface area contributed by atoms with Crippen LogP contribution in [0.5, 0.6) is 5.75 Å². The van der Waals surface area contributed by atoms with Crippen LogP contribution < -0.4 is 10.1 Å². The van der Waals surface area contributed by atoms with Gasteiger partial charge < -0.3 is 19.0 Å². The highest BCUT2D eigenvalue weighted by Gasteiger charge is 2.13. The summed E-state index contributed by atoms with van der Waals surface area (Å²) in [7, 11) is 1.66. The second-order valence-corrected chi connectivity index (χ2v) is 6.43. The maximum absolute atomic E-state index is 12.1. The number of imidazole rings is 1. The molecule has 0 atom stereocenters. The van der Waals surface area contributed by atoms with E-state index in [1.54, 1.807) is 19.2 Å². The summed E-state index contributed by atoms with van der Waals surface area (Å²) in [6, 6.07) is 19.4. The van der Waals surface area contributed by atoms with Crippen LogP contribution in [0.25, 0.3) is 11.0 Å². The zero-order valence-electron chi connectivity index (χ0n) is 15.6. The number of amides is 1. The van der Waals surface area contributed by atoms with E-state index in [2.05, 4.69) is 28.1 Å². The lowest BCUT2D eigenvalue weighted by atomic mass is 10.2. The van der Waals surface area contributed by atoms with Gasteiger partial charge in [-0.3, -0.25) is 4.79 Å². The smallest absolute Gasteiger partial charge is 0.286 e. The van der Waals surface area contributed by atoms with Gasteiger partial charge in [0.15, 0.2) is 5.76 Å². The summed E-state index contributed by atoms with van der Waals surface area (Å²) in [5.74, 6) is 1.85. The molecule has 0 unspecified atom stereocenters. The average molecular weight is 375 g/mol. The molecule has 0 saturated heterocycles. The Labute approximate surface area is 162 Å². The third-order valence-electron chi connectivity index (χ3n) is 4.61. The highest BCUT2D eigenvalue weighted by Crippen LogP contribution is 2.19. The van der Waals surface area contributed by atoms with Gasteiger partial charge in [-0.1, -0.05) is 24.3 Å². The number of carbonyl (C=O) groups is 1. The molecule has 0 spiro atoms. The number of fused-ring (bicyclic) bond motifs is 1. The predicted molar refractivity (Wildman–Crippen MR) is 107 cm³/mol. The third-order valence-corrected chi connectivity index (χ3v) is 4.61. The summed E-state index contributed by atoms with van der Waals surface area (Å²) < 4.78 is 12.6. The first kappa shape index (κ1) is 17.9. The van der Waals surface area contributed by atoms with Crippen molar-refractivity contribution in [1.82, 2.24) is 14.9 Å². The summed E-state index contributed by atoms with van der Waals surface area (Å²) in [6.45, 7) is 1.18. The van der Waals surface area contributed by atoms with Crippen LogP contribution in [-0.4, -0.2) is 29.1 Å². The molecule has 28 heavy (non-hydrogen) atoms. The minimum Gasteiger partial charge on any atom is -0.497 e. The van der Waals surface area contributed by atoms with Gasteiger partial charge in [0.05, 0.1) is 24.4 Å². The number of para-hydroxylation sites is 2. The van der Waals surface area contributed by atoms with Crippen LogP contribution >= 0.6 is 0 Å². The molecule has 2 aromatic heterocycles. The van der Waals surface area contributed by atoms with E-state index in [0.717, 1.165) is 28.2 Å². The summed E-state index contributed by atoms with van der Waals surface area (Å²) in [4.78, 5) is 16.8. The topological polar surface area (TPSA) is 69.3 Å². The van der Waals surface area contributed by atoms with Gasteiger partial charge in [0, 0.05) is 19.5 Å². The van der Waals surface area contributed by atoms with Crippen molar-refractivity contribution >= 4 is 16.9 Å². The van der Waals surface area contributed by atoms with Crippen molar-refractivity contribution in [3.63, 3.8) is 0 Å². The number of nitrogens with zero attached hydrogens (tertiary/aromatic N) is 2. The first-order valence-corrected chi connectivity index (χ1v) is 9.13. The number of carbonyl (C=O) groups excluding carboxylic acids is 1. The first-order valence-electron chi connectivity index (χ1n) is 9.13. The average Bonchev–Trinajstić information content (AvgIpc) is 3.38. The number of benzene rings is 2. The quantitative estimate of drug-likeness (QED) is 0.535. The van der Waals surface area contributed by atoms with Gasteiger partial charge in [0.1, 0.15) is 11.6 Å². The Hall–Kier alpha value is -3.54. The van der Waals surface area contributed by atoms with Crippen LogP contribution in [0.1, 0.15) is 21.9 Å². The van der Waals surface area contributed by atoms with E-state index in [0.29, 0.717) is 25.3 Å². The third kappa shape index (κ3) is 3.76. The van der Waals surface area contributed by atoms with Crippen LogP contribution in [0.3, 0.4) is 0 Å². The van der Waals surface area contributed by atoms with Gasteiger partial charge in [-0.25, -0.2) is 4.98 Å². The largest absolute Gasteiger partial charge is 0.497 e. The minimum atomic E-state index is -0.220. The van der Waals surface area contributed by atoms with Crippen molar-refractivity contribution in [1.29, 1.82) is 0 Å². The fourth-order valence-corrected chi connectivity index (χ4v) is 3.19. The Morgan fingerprint density at radius 3 is 2.68 bits per heavy atom. The molecule has 1 N–H and O–H groups in total. The standard InChI is InChI=1S/C22H21N3O3/c1-27-17-10-8-16(9-11-17)15-25-19-6-3-2-5-18(19)24-21(25)12-13-23-22(26)20-7-4-14-28-20/h2-11,14H,12-13,15H2,1H3,(H,23,26). The SMILES string of the molecule is COc1ccc(Cn2c(CCNC(=O)c3ccco3)nc3ccccc32)cc1. The van der Waals surface area contributed by atoms with Crippen molar-refractivity contribution in [2.75, 3.05) is 13.7 Å². The van der Waals surface area contributed by atoms with Crippen molar-refractivity contribution in [2.24, 2.45) is 0 Å². The number of ether oxygens (including phenoxy) is 1. The first-order chi connectivity index (χ1) is 13.7. The molecule has 0 fully saturated rings. The van der Waals surface area contributed by atoms with Crippen LogP contribution in [0.4, 0.5) is 0 Å². The van der Waals surface area contributed by atoms with Crippen LogP contribution in [0.2, 0.25) is 0 Å². The van der Waals surface area contributed by atoms with Crippen molar-refractivity contribution in [3.8, 4) is 5.75 Å². The normalized spacial score (nSPS) is 10.9. The minimum absolute atomic E-state index is 0.220. The predicted octanol–water partition coefficient (Wildman–Crippen LogP) is 3.66. The van der Waals surface area contributed by atoms with Crippen LogP contribution in [0, 0.1) is 0 Å². The Bertz CT molecular complexity index is 1070. The fraction of sp³-hybridized carbons (Fsp3) is 0.182. The highest BCUT2D eigenvalue weighted by atomic mass is 16.5. The maximum Gasteiger partial charge on any atom is 0.286 e. The number of nitrogens with one attached hydrogen (secondary N) is 1. The van der Waals surface area contributed by atoms with E-state index in [-0.39, 0.29) is 5.91 Å². The number of methoxy groups -OCH3 is 1. The van der Waals surface area contributed by atoms with Gasteiger partial charge in [-0.15, -0.1) is 0 Å². The van der Waals surface area contributed by atoms with Crippen molar-refractivity contribution in [3.05, 3.63) is 84.1 Å². The van der Waals surface area contributed by atoms with Gasteiger partial charge >= 0.3 is 0 Å². The van der Waals surface area contributed by atoms with Gasteiger partial charge in [0.25, 0.3) is 5.91 Å². The second-order valence-electron chi connectivity index (χ2n) is 6.43. The Morgan fingerprint density at radius 1 is 1.11 bits per heavy atom. The molecule has 0 saturated carbocycles. The molecule has 2 heterocycles. The molecule has 6 nitrogen and oxygen atoms in total. The van der Waals surface area contributed by atoms with Crippen LogP contribution in [0.15, 0.2) is 71.3 Å². The fourth-order valence-electron chi connectivity index (χ4n) is 3.19. The maximum atomic E-state index is 12.1. The van der Waals surface area contributed by atoms with Gasteiger partial charge in [0.2, 0.25) is 0 Å². The van der Waals surface area contributed by atoms with E-state index in [1.165, 1.54) is 6.26 Å². The molecule has 4 rings (SSSR count). The van der Waals surface area contributed by atoms with Gasteiger partial charge in [-0.05, 0) is 42.0 Å². The Morgan fingerprint density at radius 2 is 1.93 bits per heavy atom. The zero-order valence-corrected chi connectivity index (χ0v) is 15.6. The molecule has 2 aromatic carbocycles. The van der Waals surface area contributed by atoms with E-state index in [4.69, 9.17) is 14.1 Å². The lowest BCUT2D eigenvalue weighted by molar-refractivity contribution is 0.0926. The number of aromatic nitrogens is 2. The molecule has 142 valence electrons. The monoisotopic (exact) mass is 375 g/mol. The molecule has 1 amide bonds. The lowest BCUT2D eigenvalue weighted by Crippen LogP contribution is -2.26. The van der Waals surface area contributed by atoms with Crippen molar-refractivity contribution < 1.29 is 13.9 Å². The number of furan rings is 1. The summed E-state index contributed by atoms with van der Waals surface area (Å²) in [6.07, 6.45) is 2.11. The number of hydrogen-bond donors (Lipinski definition) is 1. The molecule has 0 bridgehead atoms. The van der Waals surface area contributed by atoms with E-state index in [1.807, 2.05) is 30.3 Å². The molecule has 4 aromatic rings. The van der Waals surface area contributed by atoms with E-state index >= 15 is 0 Å². The molecule has 0 radical (unpaired) electrons. The Balaban J connectivity index is 1.53. The molecular formula is C22H21N3O3. The van der Waals surface area contributed by atoms with Gasteiger partial charge in [-0.2, -0.15) is 0 Å². The van der Waals surface area contributed by atoms with Crippen molar-refractivity contribution in [2.45, 2.75) is 13.0 Å². The molecule has 0 aliphatic carbocycles. The van der Waals surface area contributed by atoms with Crippen LogP contribution in [-0.2, 0) is 13.0 Å². The second kappa shape index (κ2) is 8.00.